The summed E-state index contributed by atoms with van der Waals surface area (Å²) in [7, 11) is 5.01. The van der Waals surface area contributed by atoms with Crippen molar-refractivity contribution in [3.8, 4) is 88.8 Å². The predicted molar refractivity (Wildman–Crippen MR) is 266 cm³/mol. The lowest BCUT2D eigenvalue weighted by Gasteiger charge is -2.20. The van der Waals surface area contributed by atoms with Gasteiger partial charge >= 0.3 is 0 Å². The lowest BCUT2D eigenvalue weighted by atomic mass is 9.91. The van der Waals surface area contributed by atoms with Gasteiger partial charge in [0.1, 0.15) is 56.9 Å². The number of terminal acetylenes is 3. The van der Waals surface area contributed by atoms with Gasteiger partial charge in [-0.3, -0.25) is 0 Å². The minimum absolute atomic E-state index is 0.257. The zero-order chi connectivity index (χ0) is 47.4. The number of ether oxygens (including phenoxy) is 9. The molecule has 348 valence electrons. The van der Waals surface area contributed by atoms with E-state index in [0.29, 0.717) is 92.3 Å². The van der Waals surface area contributed by atoms with E-state index in [-0.39, 0.29) is 39.6 Å². The molecule has 0 radical (unpaired) electrons. The average Bonchev–Trinajstić information content (AvgIpc) is 3.44. The van der Waals surface area contributed by atoms with Gasteiger partial charge in [0.05, 0.1) is 21.3 Å². The minimum atomic E-state index is 0.257. The van der Waals surface area contributed by atoms with Crippen LogP contribution in [0, 0.1) is 37.0 Å². The molecule has 0 unspecified atom stereocenters. The molecule has 18 bridgehead atoms. The Morgan fingerprint density at radius 1 is 0.319 bits per heavy atom. The summed E-state index contributed by atoms with van der Waals surface area (Å²) in [4.78, 5) is 0. The molecule has 14 aliphatic rings. The maximum Gasteiger partial charge on any atom is 0.161 e. The molecule has 0 aromatic heterocycles. The predicted octanol–water partition coefficient (Wildman–Crippen LogP) is 9.41. The second kappa shape index (κ2) is 19.8. The second-order valence-corrected chi connectivity index (χ2v) is 17.8. The summed E-state index contributed by atoms with van der Waals surface area (Å²) in [5.74, 6) is 14.5. The molecule has 12 heterocycles. The van der Waals surface area contributed by atoms with E-state index in [1.165, 1.54) is 0 Å². The Kier molecular flexibility index (Phi) is 12.9. The minimum Gasteiger partial charge on any atom is -0.493 e. The van der Waals surface area contributed by atoms with Crippen LogP contribution in [-0.4, -0.2) is 61.0 Å². The molecule has 0 spiro atoms. The molecule has 9 nitrogen and oxygen atoms in total. The molecule has 0 saturated carbocycles. The van der Waals surface area contributed by atoms with Crippen LogP contribution in [-0.2, 0) is 57.8 Å². The molecular weight excluding hydrogens is 865 g/mol. The summed E-state index contributed by atoms with van der Waals surface area (Å²) in [6.45, 7) is 1.57. The SMILES string of the molecule is C#CCc1cc2c3cc1OCCOc1cc4c(cc1OC)Cc1cc5c(OC)cc1Cc1cc(c(OC)cc1C4)OCCOc1cc(c(cc1CC#C)Cc1cc(c(CC#C)cc1C3)OCCO5)C2. The van der Waals surface area contributed by atoms with Gasteiger partial charge in [-0.2, -0.15) is 0 Å². The molecule has 0 N–H and O–H groups in total. The topological polar surface area (TPSA) is 83.1 Å². The number of benzene rings is 6. The first-order valence-electron chi connectivity index (χ1n) is 23.5. The van der Waals surface area contributed by atoms with Crippen molar-refractivity contribution in [1.82, 2.24) is 0 Å². The van der Waals surface area contributed by atoms with Crippen molar-refractivity contribution < 1.29 is 42.6 Å². The molecule has 0 amide bonds. The van der Waals surface area contributed by atoms with Crippen molar-refractivity contribution in [2.24, 2.45) is 0 Å². The Morgan fingerprint density at radius 2 is 0.522 bits per heavy atom. The molecule has 20 rings (SSSR count). The quantitative estimate of drug-likeness (QED) is 0.152. The van der Waals surface area contributed by atoms with Gasteiger partial charge in [0.25, 0.3) is 0 Å². The van der Waals surface area contributed by atoms with Gasteiger partial charge < -0.3 is 42.6 Å². The van der Waals surface area contributed by atoms with E-state index in [1.54, 1.807) is 21.3 Å². The van der Waals surface area contributed by atoms with Gasteiger partial charge in [-0.15, -0.1) is 37.0 Å². The third-order valence-corrected chi connectivity index (χ3v) is 13.6. The van der Waals surface area contributed by atoms with Crippen molar-refractivity contribution in [3.05, 3.63) is 156 Å². The second-order valence-electron chi connectivity index (χ2n) is 17.8. The van der Waals surface area contributed by atoms with E-state index in [1.807, 2.05) is 0 Å². The summed E-state index contributed by atoms with van der Waals surface area (Å²) in [6, 6.07) is 25.6. The Labute approximate surface area is 404 Å². The van der Waals surface area contributed by atoms with Crippen molar-refractivity contribution in [2.45, 2.75) is 57.8 Å². The van der Waals surface area contributed by atoms with Crippen molar-refractivity contribution >= 4 is 0 Å². The average molecular weight is 919 g/mol. The third kappa shape index (κ3) is 9.28. The van der Waals surface area contributed by atoms with E-state index < -0.39 is 0 Å². The fourth-order valence-corrected chi connectivity index (χ4v) is 10.2. The highest BCUT2D eigenvalue weighted by Gasteiger charge is 2.25. The zero-order valence-electron chi connectivity index (χ0n) is 39.4. The van der Waals surface area contributed by atoms with E-state index in [9.17, 15) is 0 Å². The molecule has 69 heavy (non-hydrogen) atoms. The Hall–Kier alpha value is -7.80. The molecule has 12 aliphatic heterocycles. The Balaban J connectivity index is 1.21. The molecule has 0 saturated heterocycles. The monoisotopic (exact) mass is 918 g/mol. The van der Waals surface area contributed by atoms with E-state index in [0.717, 1.165) is 101 Å². The van der Waals surface area contributed by atoms with Crippen LogP contribution in [0.25, 0.3) is 0 Å². The first-order chi connectivity index (χ1) is 33.8. The summed E-state index contributed by atoms with van der Waals surface area (Å²) >= 11 is 0. The fourth-order valence-electron chi connectivity index (χ4n) is 10.2. The van der Waals surface area contributed by atoms with Crippen LogP contribution in [0.1, 0.15) is 83.5 Å². The van der Waals surface area contributed by atoms with Crippen LogP contribution in [0.3, 0.4) is 0 Å². The largest absolute Gasteiger partial charge is 0.493 e. The Bertz CT molecular complexity index is 2770. The number of methoxy groups -OCH3 is 3. The molecule has 6 aromatic rings. The summed E-state index contributed by atoms with van der Waals surface area (Å²) in [5, 5.41) is 0. The first kappa shape index (κ1) is 45.0. The van der Waals surface area contributed by atoms with Gasteiger partial charge in [0.15, 0.2) is 34.5 Å². The summed E-state index contributed by atoms with van der Waals surface area (Å²) < 4.78 is 57.8. The third-order valence-electron chi connectivity index (χ3n) is 13.6. The fraction of sp³-hybridized carbons (Fsp3) is 0.300. The summed E-state index contributed by atoms with van der Waals surface area (Å²) in [6.07, 6.45) is 22.9. The lowest BCUT2D eigenvalue weighted by Crippen LogP contribution is -2.13. The van der Waals surface area contributed by atoms with Crippen molar-refractivity contribution in [2.75, 3.05) is 61.0 Å². The molecule has 0 atom stereocenters. The highest BCUT2D eigenvalue weighted by molar-refractivity contribution is 5.60. The van der Waals surface area contributed by atoms with Crippen molar-refractivity contribution in [1.29, 1.82) is 0 Å². The normalized spacial score (nSPS) is 14.4. The van der Waals surface area contributed by atoms with E-state index >= 15 is 0 Å². The summed E-state index contributed by atoms with van der Waals surface area (Å²) in [5.41, 5.74) is 16.0. The molecule has 2 aliphatic carbocycles. The highest BCUT2D eigenvalue weighted by Crippen LogP contribution is 2.42. The number of hydrogen-bond donors (Lipinski definition) is 0. The van der Waals surface area contributed by atoms with Gasteiger partial charge in [0, 0.05) is 36.0 Å². The van der Waals surface area contributed by atoms with Crippen molar-refractivity contribution in [3.63, 3.8) is 0 Å². The first-order valence-corrected chi connectivity index (χ1v) is 23.5. The maximum absolute atomic E-state index is 6.66. The van der Waals surface area contributed by atoms with Crippen LogP contribution in [0.5, 0.6) is 51.7 Å². The Morgan fingerprint density at radius 3 is 0.754 bits per heavy atom. The van der Waals surface area contributed by atoms with Crippen LogP contribution < -0.4 is 42.6 Å². The van der Waals surface area contributed by atoms with Gasteiger partial charge in [0.2, 0.25) is 0 Å². The van der Waals surface area contributed by atoms with E-state index in [4.69, 9.17) is 61.9 Å². The molecule has 6 aromatic carbocycles. The van der Waals surface area contributed by atoms with Crippen LogP contribution >= 0.6 is 0 Å². The van der Waals surface area contributed by atoms with Crippen LogP contribution in [0.2, 0.25) is 0 Å². The van der Waals surface area contributed by atoms with Gasteiger partial charge in [-0.25, -0.2) is 0 Å². The van der Waals surface area contributed by atoms with Crippen LogP contribution in [0.4, 0.5) is 0 Å². The van der Waals surface area contributed by atoms with Gasteiger partial charge in [-0.05, 0) is 160 Å². The lowest BCUT2D eigenvalue weighted by molar-refractivity contribution is 0.210. The van der Waals surface area contributed by atoms with Gasteiger partial charge in [-0.1, -0.05) is 18.2 Å². The molecular formula is C60H54O9. The maximum atomic E-state index is 6.66. The smallest absolute Gasteiger partial charge is 0.161 e. The number of rotatable bonds is 6. The molecule has 0 fully saturated rings. The standard InChI is InChI=1S/C60H54O9/c1-7-10-37-19-40-22-44-29-53-39(12-9-3)21-42(44)24-45-30-54-38(11-8-2)20-41(45)23-43(40)28-52(37)64-13-16-67-58-34-49-25-47-32-56(62-5)59(68-17-14-65-53)36-51(47)27-48-33-57(63-6)60(69-18-15-66-54)35-50(48)26-46(49)31-55(58)61-4/h1-3,19-21,28-36H,10-18,22-27H2,4-6H3. The highest BCUT2D eigenvalue weighted by atomic mass is 16.6. The van der Waals surface area contributed by atoms with E-state index in [2.05, 4.69) is 90.6 Å². The number of hydrogen-bond acceptors (Lipinski definition) is 9. The molecule has 9 heteroatoms. The zero-order valence-corrected chi connectivity index (χ0v) is 39.4. The van der Waals surface area contributed by atoms with Crippen LogP contribution in [0.15, 0.2) is 72.8 Å².